The third kappa shape index (κ3) is 5.72. The van der Waals surface area contributed by atoms with Crippen LogP contribution in [0.25, 0.3) is 0 Å². The van der Waals surface area contributed by atoms with Crippen LogP contribution in [0.5, 0.6) is 0 Å². The lowest BCUT2D eigenvalue weighted by Crippen LogP contribution is -2.32. The molecule has 1 amide bonds. The van der Waals surface area contributed by atoms with Gasteiger partial charge in [0.05, 0.1) is 5.56 Å². The van der Waals surface area contributed by atoms with E-state index < -0.39 is 5.97 Å². The summed E-state index contributed by atoms with van der Waals surface area (Å²) in [4.78, 5) is 23.0. The number of benzene rings is 2. The van der Waals surface area contributed by atoms with E-state index in [1.165, 1.54) is 0 Å². The number of rotatable bonds is 8. The minimum absolute atomic E-state index is 0.0551. The molecule has 0 aromatic heterocycles. The molecule has 0 spiro atoms. The van der Waals surface area contributed by atoms with Crippen LogP contribution in [0.1, 0.15) is 52.1 Å². The van der Waals surface area contributed by atoms with Gasteiger partial charge in [-0.3, -0.25) is 4.79 Å². The standard InChI is InChI=1S/C20H24N2O3/c1-3-14(2)22-19(23)18-6-4-5-16(11-18)13-21-12-15-7-9-17(10-8-15)20(24)25/h4-11,14,21H,3,12-13H2,1-2H3,(H,22,23)(H,24,25). The lowest BCUT2D eigenvalue weighted by molar-refractivity contribution is 0.0696. The highest BCUT2D eigenvalue weighted by Crippen LogP contribution is 2.08. The summed E-state index contributed by atoms with van der Waals surface area (Å²) < 4.78 is 0. The Hall–Kier alpha value is -2.66. The lowest BCUT2D eigenvalue weighted by atomic mass is 10.1. The molecule has 0 fully saturated rings. The van der Waals surface area contributed by atoms with E-state index in [1.54, 1.807) is 24.3 Å². The van der Waals surface area contributed by atoms with Gasteiger partial charge in [0.2, 0.25) is 0 Å². The van der Waals surface area contributed by atoms with Crippen LogP contribution >= 0.6 is 0 Å². The second-order valence-corrected chi connectivity index (χ2v) is 6.09. The topological polar surface area (TPSA) is 78.4 Å². The van der Waals surface area contributed by atoms with Crippen LogP contribution in [0.15, 0.2) is 48.5 Å². The second-order valence-electron chi connectivity index (χ2n) is 6.09. The summed E-state index contributed by atoms with van der Waals surface area (Å²) in [6.45, 7) is 5.28. The van der Waals surface area contributed by atoms with E-state index in [0.29, 0.717) is 18.7 Å². The highest BCUT2D eigenvalue weighted by Gasteiger charge is 2.09. The van der Waals surface area contributed by atoms with E-state index >= 15 is 0 Å². The van der Waals surface area contributed by atoms with Crippen molar-refractivity contribution < 1.29 is 14.7 Å². The molecule has 2 aromatic rings. The first kappa shape index (κ1) is 18.7. The summed E-state index contributed by atoms with van der Waals surface area (Å²) in [7, 11) is 0. The van der Waals surface area contributed by atoms with Gasteiger partial charge < -0.3 is 15.7 Å². The van der Waals surface area contributed by atoms with Gasteiger partial charge in [-0.2, -0.15) is 0 Å². The summed E-state index contributed by atoms with van der Waals surface area (Å²) in [6.07, 6.45) is 0.896. The average molecular weight is 340 g/mol. The molecule has 5 heteroatoms. The molecular weight excluding hydrogens is 316 g/mol. The van der Waals surface area contributed by atoms with Gasteiger partial charge in [-0.05, 0) is 48.7 Å². The summed E-state index contributed by atoms with van der Waals surface area (Å²) in [5, 5.41) is 15.2. The molecule has 5 nitrogen and oxygen atoms in total. The van der Waals surface area contributed by atoms with Crippen molar-refractivity contribution in [3.63, 3.8) is 0 Å². The predicted molar refractivity (Wildman–Crippen MR) is 97.6 cm³/mol. The molecule has 1 atom stereocenters. The van der Waals surface area contributed by atoms with Crippen molar-refractivity contribution in [2.75, 3.05) is 0 Å². The molecule has 1 unspecified atom stereocenters. The summed E-state index contributed by atoms with van der Waals surface area (Å²) in [5.41, 5.74) is 2.98. The number of aromatic carboxylic acids is 1. The van der Waals surface area contributed by atoms with Crippen LogP contribution in [-0.4, -0.2) is 23.0 Å². The number of carbonyl (C=O) groups is 2. The van der Waals surface area contributed by atoms with Crippen LogP contribution < -0.4 is 10.6 Å². The number of amides is 1. The molecule has 132 valence electrons. The number of nitrogens with one attached hydrogen (secondary N) is 2. The van der Waals surface area contributed by atoms with Gasteiger partial charge in [-0.25, -0.2) is 4.79 Å². The van der Waals surface area contributed by atoms with E-state index in [-0.39, 0.29) is 17.5 Å². The van der Waals surface area contributed by atoms with E-state index in [4.69, 9.17) is 5.11 Å². The number of carboxylic acid groups (broad SMARTS) is 1. The summed E-state index contributed by atoms with van der Waals surface area (Å²) >= 11 is 0. The Morgan fingerprint density at radius 1 is 1.00 bits per heavy atom. The van der Waals surface area contributed by atoms with Crippen LogP contribution in [0.4, 0.5) is 0 Å². The van der Waals surface area contributed by atoms with Crippen LogP contribution in [0.2, 0.25) is 0 Å². The van der Waals surface area contributed by atoms with Crippen molar-refractivity contribution in [2.45, 2.75) is 39.4 Å². The molecule has 0 aliphatic rings. The third-order valence-corrected chi connectivity index (χ3v) is 4.04. The summed E-state index contributed by atoms with van der Waals surface area (Å²) in [5.74, 6) is -0.979. The van der Waals surface area contributed by atoms with Crippen LogP contribution in [0.3, 0.4) is 0 Å². The first-order valence-corrected chi connectivity index (χ1v) is 8.42. The van der Waals surface area contributed by atoms with Gasteiger partial charge in [0.1, 0.15) is 0 Å². The van der Waals surface area contributed by atoms with Crippen molar-refractivity contribution in [1.82, 2.24) is 10.6 Å². The molecule has 0 aliphatic carbocycles. The predicted octanol–water partition coefficient (Wildman–Crippen LogP) is 3.20. The molecule has 2 rings (SSSR count). The molecule has 0 radical (unpaired) electrons. The fourth-order valence-electron chi connectivity index (χ4n) is 2.35. The lowest BCUT2D eigenvalue weighted by Gasteiger charge is -2.12. The minimum Gasteiger partial charge on any atom is -0.478 e. The monoisotopic (exact) mass is 340 g/mol. The number of carboxylic acids is 1. The molecule has 0 heterocycles. The molecule has 0 aliphatic heterocycles. The summed E-state index contributed by atoms with van der Waals surface area (Å²) in [6, 6.07) is 14.5. The van der Waals surface area contributed by atoms with Crippen molar-refractivity contribution in [3.8, 4) is 0 Å². The maximum absolute atomic E-state index is 12.2. The molecule has 2 aromatic carbocycles. The Bertz CT molecular complexity index is 726. The highest BCUT2D eigenvalue weighted by molar-refractivity contribution is 5.94. The molecule has 25 heavy (non-hydrogen) atoms. The smallest absolute Gasteiger partial charge is 0.335 e. The van der Waals surface area contributed by atoms with Crippen molar-refractivity contribution in [1.29, 1.82) is 0 Å². The molecular formula is C20H24N2O3. The molecule has 0 saturated heterocycles. The molecule has 3 N–H and O–H groups in total. The Morgan fingerprint density at radius 3 is 2.32 bits per heavy atom. The quantitative estimate of drug-likeness (QED) is 0.689. The van der Waals surface area contributed by atoms with Crippen molar-refractivity contribution in [3.05, 3.63) is 70.8 Å². The van der Waals surface area contributed by atoms with Crippen molar-refractivity contribution in [2.24, 2.45) is 0 Å². The van der Waals surface area contributed by atoms with Gasteiger partial charge >= 0.3 is 5.97 Å². The fourth-order valence-corrected chi connectivity index (χ4v) is 2.35. The maximum atomic E-state index is 12.2. The van der Waals surface area contributed by atoms with Gasteiger partial charge in [0.15, 0.2) is 0 Å². The van der Waals surface area contributed by atoms with Gasteiger partial charge in [-0.15, -0.1) is 0 Å². The molecule has 0 saturated carbocycles. The van der Waals surface area contributed by atoms with Crippen LogP contribution in [0, 0.1) is 0 Å². The average Bonchev–Trinajstić information content (AvgIpc) is 2.62. The Kier molecular flexibility index (Phi) is 6.71. The Labute approximate surface area is 148 Å². The van der Waals surface area contributed by atoms with Crippen LogP contribution in [-0.2, 0) is 13.1 Å². The van der Waals surface area contributed by atoms with E-state index in [9.17, 15) is 9.59 Å². The van der Waals surface area contributed by atoms with Gasteiger partial charge in [0, 0.05) is 24.7 Å². The Balaban J connectivity index is 1.89. The first-order valence-electron chi connectivity index (χ1n) is 8.42. The zero-order valence-electron chi connectivity index (χ0n) is 14.6. The normalized spacial score (nSPS) is 11.8. The van der Waals surface area contributed by atoms with E-state index in [0.717, 1.165) is 17.5 Å². The first-order chi connectivity index (χ1) is 12.0. The second kappa shape index (κ2) is 8.99. The zero-order valence-corrected chi connectivity index (χ0v) is 14.6. The maximum Gasteiger partial charge on any atom is 0.335 e. The Morgan fingerprint density at radius 2 is 1.68 bits per heavy atom. The SMILES string of the molecule is CCC(C)NC(=O)c1cccc(CNCc2ccc(C(=O)O)cc2)c1. The number of carbonyl (C=O) groups excluding carboxylic acids is 1. The number of hydrogen-bond donors (Lipinski definition) is 3. The largest absolute Gasteiger partial charge is 0.478 e. The van der Waals surface area contributed by atoms with E-state index in [2.05, 4.69) is 10.6 Å². The number of hydrogen-bond acceptors (Lipinski definition) is 3. The van der Waals surface area contributed by atoms with Crippen molar-refractivity contribution >= 4 is 11.9 Å². The minimum atomic E-state index is -0.924. The highest BCUT2D eigenvalue weighted by atomic mass is 16.4. The molecule has 0 bridgehead atoms. The van der Waals surface area contributed by atoms with Gasteiger partial charge in [-0.1, -0.05) is 31.2 Å². The fraction of sp³-hybridized carbons (Fsp3) is 0.300. The zero-order chi connectivity index (χ0) is 18.2. The van der Waals surface area contributed by atoms with E-state index in [1.807, 2.05) is 38.1 Å². The van der Waals surface area contributed by atoms with Gasteiger partial charge in [0.25, 0.3) is 5.91 Å². The third-order valence-electron chi connectivity index (χ3n) is 4.04.